The zero-order chi connectivity index (χ0) is 14.9. The van der Waals surface area contributed by atoms with Crippen LogP contribution in [-0.2, 0) is 4.74 Å². The SMILES string of the molecule is CC1(Nc2ncc(C(=O)O)c3ccccc23)CCOCC1. The molecule has 1 saturated heterocycles. The van der Waals surface area contributed by atoms with E-state index in [9.17, 15) is 9.90 Å². The van der Waals surface area contributed by atoms with Crippen molar-refractivity contribution < 1.29 is 14.6 Å². The van der Waals surface area contributed by atoms with Gasteiger partial charge in [-0.05, 0) is 19.8 Å². The lowest BCUT2D eigenvalue weighted by molar-refractivity contribution is 0.0657. The van der Waals surface area contributed by atoms with Gasteiger partial charge in [0.1, 0.15) is 5.82 Å². The van der Waals surface area contributed by atoms with Crippen LogP contribution in [0.4, 0.5) is 5.82 Å². The van der Waals surface area contributed by atoms with Crippen LogP contribution in [0.15, 0.2) is 30.5 Å². The van der Waals surface area contributed by atoms with Gasteiger partial charge in [0, 0.05) is 35.7 Å². The number of anilines is 1. The number of carbonyl (C=O) groups is 1. The van der Waals surface area contributed by atoms with Crippen molar-refractivity contribution in [1.82, 2.24) is 4.98 Å². The molecule has 0 saturated carbocycles. The van der Waals surface area contributed by atoms with Gasteiger partial charge in [0.05, 0.1) is 5.56 Å². The number of carboxylic acids is 1. The van der Waals surface area contributed by atoms with Crippen LogP contribution in [0, 0.1) is 0 Å². The molecule has 0 spiro atoms. The van der Waals surface area contributed by atoms with Gasteiger partial charge in [-0.1, -0.05) is 24.3 Å². The molecule has 2 N–H and O–H groups in total. The van der Waals surface area contributed by atoms with Crippen LogP contribution in [0.5, 0.6) is 0 Å². The molecule has 0 unspecified atom stereocenters. The second-order valence-corrected chi connectivity index (χ2v) is 5.67. The van der Waals surface area contributed by atoms with Crippen LogP contribution in [0.2, 0.25) is 0 Å². The summed E-state index contributed by atoms with van der Waals surface area (Å²) < 4.78 is 5.40. The van der Waals surface area contributed by atoms with E-state index < -0.39 is 5.97 Å². The van der Waals surface area contributed by atoms with Crippen LogP contribution in [0.3, 0.4) is 0 Å². The molecule has 1 aliphatic rings. The van der Waals surface area contributed by atoms with Crippen molar-refractivity contribution in [2.45, 2.75) is 25.3 Å². The highest BCUT2D eigenvalue weighted by atomic mass is 16.5. The number of aromatic nitrogens is 1. The summed E-state index contributed by atoms with van der Waals surface area (Å²) in [5.41, 5.74) is 0.159. The summed E-state index contributed by atoms with van der Waals surface area (Å²) in [6.07, 6.45) is 3.24. The van der Waals surface area contributed by atoms with E-state index in [1.54, 1.807) is 0 Å². The Morgan fingerprint density at radius 2 is 1.95 bits per heavy atom. The summed E-state index contributed by atoms with van der Waals surface area (Å²) in [5, 5.41) is 14.3. The Labute approximate surface area is 123 Å². The Bertz CT molecular complexity index is 678. The van der Waals surface area contributed by atoms with Crippen LogP contribution in [0.25, 0.3) is 10.8 Å². The molecule has 2 aromatic rings. The lowest BCUT2D eigenvalue weighted by Crippen LogP contribution is -2.40. The van der Waals surface area contributed by atoms with E-state index in [0.29, 0.717) is 5.39 Å². The van der Waals surface area contributed by atoms with Crippen molar-refractivity contribution in [3.05, 3.63) is 36.0 Å². The van der Waals surface area contributed by atoms with Crippen molar-refractivity contribution in [3.63, 3.8) is 0 Å². The number of hydrogen-bond acceptors (Lipinski definition) is 4. The quantitative estimate of drug-likeness (QED) is 0.907. The second kappa shape index (κ2) is 5.33. The first-order chi connectivity index (χ1) is 10.1. The maximum absolute atomic E-state index is 11.3. The van der Waals surface area contributed by atoms with E-state index in [2.05, 4.69) is 17.2 Å². The smallest absolute Gasteiger partial charge is 0.337 e. The Morgan fingerprint density at radius 3 is 2.62 bits per heavy atom. The van der Waals surface area contributed by atoms with Gasteiger partial charge in [-0.3, -0.25) is 0 Å². The normalized spacial score (nSPS) is 17.6. The summed E-state index contributed by atoms with van der Waals surface area (Å²) in [6, 6.07) is 7.46. The van der Waals surface area contributed by atoms with Crippen LogP contribution in [-0.4, -0.2) is 34.8 Å². The number of ether oxygens (including phenoxy) is 1. The van der Waals surface area contributed by atoms with Gasteiger partial charge in [0.2, 0.25) is 0 Å². The Hall–Kier alpha value is -2.14. The third-order valence-corrected chi connectivity index (χ3v) is 4.04. The van der Waals surface area contributed by atoms with E-state index in [1.165, 1.54) is 6.20 Å². The molecular formula is C16H18N2O3. The third-order valence-electron chi connectivity index (χ3n) is 4.04. The molecule has 1 aliphatic heterocycles. The Balaban J connectivity index is 2.03. The van der Waals surface area contributed by atoms with Gasteiger partial charge < -0.3 is 15.2 Å². The topological polar surface area (TPSA) is 71.5 Å². The minimum absolute atomic E-state index is 0.0707. The Morgan fingerprint density at radius 1 is 1.29 bits per heavy atom. The monoisotopic (exact) mass is 286 g/mol. The van der Waals surface area contributed by atoms with E-state index in [4.69, 9.17) is 4.74 Å². The largest absolute Gasteiger partial charge is 0.478 e. The molecule has 0 atom stereocenters. The van der Waals surface area contributed by atoms with Gasteiger partial charge in [-0.15, -0.1) is 0 Å². The fourth-order valence-electron chi connectivity index (χ4n) is 2.70. The molecule has 1 aromatic carbocycles. The zero-order valence-electron chi connectivity index (χ0n) is 11.9. The summed E-state index contributed by atoms with van der Waals surface area (Å²) in [6.45, 7) is 3.61. The number of hydrogen-bond donors (Lipinski definition) is 2. The summed E-state index contributed by atoms with van der Waals surface area (Å²) in [7, 11) is 0. The lowest BCUT2D eigenvalue weighted by Gasteiger charge is -2.35. The molecule has 1 fully saturated rings. The average Bonchev–Trinajstić information content (AvgIpc) is 2.47. The van der Waals surface area contributed by atoms with E-state index in [0.717, 1.165) is 37.3 Å². The van der Waals surface area contributed by atoms with Crippen molar-refractivity contribution in [2.24, 2.45) is 0 Å². The number of rotatable bonds is 3. The van der Waals surface area contributed by atoms with Crippen LogP contribution >= 0.6 is 0 Å². The fourth-order valence-corrected chi connectivity index (χ4v) is 2.70. The number of carboxylic acid groups (broad SMARTS) is 1. The van der Waals surface area contributed by atoms with Crippen LogP contribution in [0.1, 0.15) is 30.1 Å². The predicted molar refractivity (Wildman–Crippen MR) is 80.8 cm³/mol. The molecule has 0 amide bonds. The van der Waals surface area contributed by atoms with E-state index in [-0.39, 0.29) is 11.1 Å². The molecule has 0 radical (unpaired) electrons. The van der Waals surface area contributed by atoms with E-state index in [1.807, 2.05) is 24.3 Å². The van der Waals surface area contributed by atoms with Crippen molar-refractivity contribution in [2.75, 3.05) is 18.5 Å². The zero-order valence-corrected chi connectivity index (χ0v) is 11.9. The molecular weight excluding hydrogens is 268 g/mol. The van der Waals surface area contributed by atoms with Crippen LogP contribution < -0.4 is 5.32 Å². The number of fused-ring (bicyclic) bond motifs is 1. The van der Waals surface area contributed by atoms with Crippen molar-refractivity contribution in [3.8, 4) is 0 Å². The molecule has 0 aliphatic carbocycles. The first-order valence-corrected chi connectivity index (χ1v) is 7.06. The average molecular weight is 286 g/mol. The number of nitrogens with one attached hydrogen (secondary N) is 1. The summed E-state index contributed by atoms with van der Waals surface area (Å²) in [5.74, 6) is -0.220. The molecule has 2 heterocycles. The van der Waals surface area contributed by atoms with Crippen molar-refractivity contribution >= 4 is 22.6 Å². The molecule has 1 aromatic heterocycles. The van der Waals surface area contributed by atoms with E-state index >= 15 is 0 Å². The molecule has 3 rings (SSSR count). The Kier molecular flexibility index (Phi) is 3.51. The second-order valence-electron chi connectivity index (χ2n) is 5.67. The fraction of sp³-hybridized carbons (Fsp3) is 0.375. The van der Waals surface area contributed by atoms with Gasteiger partial charge in [0.15, 0.2) is 0 Å². The van der Waals surface area contributed by atoms with Crippen molar-refractivity contribution in [1.29, 1.82) is 0 Å². The highest BCUT2D eigenvalue weighted by molar-refractivity contribution is 6.06. The highest BCUT2D eigenvalue weighted by Gasteiger charge is 2.28. The summed E-state index contributed by atoms with van der Waals surface area (Å²) >= 11 is 0. The molecule has 110 valence electrons. The molecule has 5 heteroatoms. The first kappa shape index (κ1) is 13.8. The molecule has 5 nitrogen and oxygen atoms in total. The van der Waals surface area contributed by atoms with Gasteiger partial charge >= 0.3 is 5.97 Å². The minimum Gasteiger partial charge on any atom is -0.478 e. The standard InChI is InChI=1S/C16H18N2O3/c1-16(6-8-21-9-7-16)18-14-12-5-3-2-4-11(12)13(10-17-14)15(19)20/h2-5,10H,6-9H2,1H3,(H,17,18)(H,19,20). The first-order valence-electron chi connectivity index (χ1n) is 7.06. The van der Waals surface area contributed by atoms with Gasteiger partial charge in [0.25, 0.3) is 0 Å². The number of benzene rings is 1. The summed E-state index contributed by atoms with van der Waals surface area (Å²) in [4.78, 5) is 15.6. The maximum Gasteiger partial charge on any atom is 0.337 e. The number of aromatic carboxylic acids is 1. The van der Waals surface area contributed by atoms with Gasteiger partial charge in [-0.2, -0.15) is 0 Å². The molecule has 0 bridgehead atoms. The third kappa shape index (κ3) is 2.69. The minimum atomic E-state index is -0.956. The maximum atomic E-state index is 11.3. The molecule has 21 heavy (non-hydrogen) atoms. The van der Waals surface area contributed by atoms with Gasteiger partial charge in [-0.25, -0.2) is 9.78 Å². The lowest BCUT2D eigenvalue weighted by atomic mass is 9.92. The number of pyridine rings is 1. The highest BCUT2D eigenvalue weighted by Crippen LogP contribution is 2.30. The number of nitrogens with zero attached hydrogens (tertiary/aromatic N) is 1. The predicted octanol–water partition coefficient (Wildman–Crippen LogP) is 2.91.